The molecule has 0 amide bonds. The van der Waals surface area contributed by atoms with E-state index in [4.69, 9.17) is 0 Å². The predicted octanol–water partition coefficient (Wildman–Crippen LogP) is 2.23. The van der Waals surface area contributed by atoms with Crippen LogP contribution in [0.15, 0.2) is 41.7 Å². The van der Waals surface area contributed by atoms with E-state index in [9.17, 15) is 8.42 Å². The van der Waals surface area contributed by atoms with Gasteiger partial charge in [0.1, 0.15) is 0 Å². The summed E-state index contributed by atoms with van der Waals surface area (Å²) in [7, 11) is -3.19. The molecular weight excluding hydrogens is 274 g/mol. The molecule has 0 saturated heterocycles. The molecule has 0 atom stereocenters. The topological polar surface area (TPSA) is 66.1 Å². The zero-order valence-electron chi connectivity index (χ0n) is 11.9. The third-order valence-corrected chi connectivity index (χ3v) is 4.21. The summed E-state index contributed by atoms with van der Waals surface area (Å²) >= 11 is 0. The van der Waals surface area contributed by atoms with Crippen LogP contribution < -0.4 is 4.90 Å². The highest BCUT2D eigenvalue weighted by Crippen LogP contribution is 2.23. The summed E-state index contributed by atoms with van der Waals surface area (Å²) in [6.07, 6.45) is 4.64. The van der Waals surface area contributed by atoms with Crippen LogP contribution in [0.5, 0.6) is 0 Å². The number of benzene rings is 1. The van der Waals surface area contributed by atoms with Gasteiger partial charge in [0.15, 0.2) is 9.84 Å². The highest BCUT2D eigenvalue weighted by atomic mass is 32.2. The summed E-state index contributed by atoms with van der Waals surface area (Å²) in [4.78, 5) is 9.54. The highest BCUT2D eigenvalue weighted by Gasteiger charge is 2.15. The van der Waals surface area contributed by atoms with E-state index >= 15 is 0 Å². The summed E-state index contributed by atoms with van der Waals surface area (Å²) in [6.45, 7) is 4.80. The molecule has 1 heterocycles. The smallest absolute Gasteiger partial charge is 0.175 e. The summed E-state index contributed by atoms with van der Waals surface area (Å²) in [5, 5.41) is 0. The van der Waals surface area contributed by atoms with E-state index in [-0.39, 0.29) is 6.04 Å². The molecule has 0 spiro atoms. The fourth-order valence-corrected chi connectivity index (χ4v) is 2.68. The first kappa shape index (κ1) is 14.6. The van der Waals surface area contributed by atoms with Crippen molar-refractivity contribution in [3.63, 3.8) is 0 Å². The summed E-state index contributed by atoms with van der Waals surface area (Å²) in [5.74, 6) is 0. The molecule has 2 rings (SSSR count). The SMILES string of the molecule is CC(C)N(Cc1cnc[nH]1)c1cccc(S(C)(=O)=O)c1. The average Bonchev–Trinajstić information content (AvgIpc) is 2.87. The first-order valence-electron chi connectivity index (χ1n) is 6.42. The van der Waals surface area contributed by atoms with Crippen LogP contribution in [0, 0.1) is 0 Å². The Labute approximate surface area is 119 Å². The maximum absolute atomic E-state index is 11.7. The van der Waals surface area contributed by atoms with E-state index in [0.29, 0.717) is 11.4 Å². The van der Waals surface area contributed by atoms with Crippen LogP contribution >= 0.6 is 0 Å². The third-order valence-electron chi connectivity index (χ3n) is 3.10. The Hall–Kier alpha value is -1.82. The molecule has 1 aromatic carbocycles. The minimum Gasteiger partial charge on any atom is -0.363 e. The summed E-state index contributed by atoms with van der Waals surface area (Å²) in [5.41, 5.74) is 1.88. The van der Waals surface area contributed by atoms with Crippen molar-refractivity contribution in [3.8, 4) is 0 Å². The second kappa shape index (κ2) is 5.66. The molecule has 1 N–H and O–H groups in total. The first-order chi connectivity index (χ1) is 9.38. The number of nitrogens with one attached hydrogen (secondary N) is 1. The van der Waals surface area contributed by atoms with Gasteiger partial charge in [-0.1, -0.05) is 6.07 Å². The van der Waals surface area contributed by atoms with Crippen LogP contribution in [0.4, 0.5) is 5.69 Å². The van der Waals surface area contributed by atoms with Crippen molar-refractivity contribution in [2.75, 3.05) is 11.2 Å². The van der Waals surface area contributed by atoms with Crippen LogP contribution in [0.25, 0.3) is 0 Å². The lowest BCUT2D eigenvalue weighted by Gasteiger charge is -2.28. The molecule has 5 nitrogen and oxygen atoms in total. The van der Waals surface area contributed by atoms with Crippen LogP contribution in [-0.2, 0) is 16.4 Å². The largest absolute Gasteiger partial charge is 0.363 e. The number of hydrogen-bond acceptors (Lipinski definition) is 4. The van der Waals surface area contributed by atoms with Crippen molar-refractivity contribution in [1.82, 2.24) is 9.97 Å². The number of anilines is 1. The van der Waals surface area contributed by atoms with Gasteiger partial charge in [0, 0.05) is 24.2 Å². The van der Waals surface area contributed by atoms with Crippen LogP contribution in [0.1, 0.15) is 19.5 Å². The number of hydrogen-bond donors (Lipinski definition) is 1. The van der Waals surface area contributed by atoms with Crippen molar-refractivity contribution in [2.24, 2.45) is 0 Å². The minimum absolute atomic E-state index is 0.244. The average molecular weight is 293 g/mol. The maximum Gasteiger partial charge on any atom is 0.175 e. The van der Waals surface area contributed by atoms with Gasteiger partial charge in [-0.15, -0.1) is 0 Å². The monoisotopic (exact) mass is 293 g/mol. The van der Waals surface area contributed by atoms with Gasteiger partial charge in [0.25, 0.3) is 0 Å². The van der Waals surface area contributed by atoms with Crippen molar-refractivity contribution in [1.29, 1.82) is 0 Å². The Morgan fingerprint density at radius 1 is 1.35 bits per heavy atom. The Balaban J connectivity index is 2.35. The number of aromatic nitrogens is 2. The van der Waals surface area contributed by atoms with E-state index in [1.54, 1.807) is 30.7 Å². The Morgan fingerprint density at radius 2 is 2.10 bits per heavy atom. The van der Waals surface area contributed by atoms with E-state index in [0.717, 1.165) is 11.4 Å². The second-order valence-electron chi connectivity index (χ2n) is 5.07. The molecule has 0 saturated carbocycles. The molecular formula is C14H19N3O2S. The molecule has 1 aromatic heterocycles. The van der Waals surface area contributed by atoms with Gasteiger partial charge >= 0.3 is 0 Å². The summed E-state index contributed by atoms with van der Waals surface area (Å²) in [6, 6.07) is 7.27. The zero-order chi connectivity index (χ0) is 14.8. The van der Waals surface area contributed by atoms with Crippen molar-refractivity contribution >= 4 is 15.5 Å². The number of nitrogens with zero attached hydrogens (tertiary/aromatic N) is 2. The first-order valence-corrected chi connectivity index (χ1v) is 8.31. The second-order valence-corrected chi connectivity index (χ2v) is 7.08. The molecule has 6 heteroatoms. The number of H-pyrrole nitrogens is 1. The third kappa shape index (κ3) is 3.39. The molecule has 0 unspecified atom stereocenters. The highest BCUT2D eigenvalue weighted by molar-refractivity contribution is 7.90. The van der Waals surface area contributed by atoms with Gasteiger partial charge in [-0.3, -0.25) is 0 Å². The number of sulfone groups is 1. The van der Waals surface area contributed by atoms with Crippen molar-refractivity contribution in [3.05, 3.63) is 42.5 Å². The number of aromatic amines is 1. The minimum atomic E-state index is -3.19. The van der Waals surface area contributed by atoms with Gasteiger partial charge in [0.2, 0.25) is 0 Å². The van der Waals surface area contributed by atoms with Crippen molar-refractivity contribution < 1.29 is 8.42 Å². The Kier molecular flexibility index (Phi) is 4.13. The lowest BCUT2D eigenvalue weighted by atomic mass is 10.2. The van der Waals surface area contributed by atoms with Crippen LogP contribution in [0.2, 0.25) is 0 Å². The molecule has 0 radical (unpaired) electrons. The molecule has 0 fully saturated rings. The Bertz CT molecular complexity index is 663. The summed E-state index contributed by atoms with van der Waals surface area (Å²) < 4.78 is 23.3. The van der Waals surface area contributed by atoms with Gasteiger partial charge in [-0.25, -0.2) is 13.4 Å². The molecule has 0 aliphatic rings. The van der Waals surface area contributed by atoms with E-state index in [1.165, 1.54) is 6.26 Å². The lowest BCUT2D eigenvalue weighted by Crippen LogP contribution is -2.30. The molecule has 0 bridgehead atoms. The lowest BCUT2D eigenvalue weighted by molar-refractivity contribution is 0.601. The Morgan fingerprint density at radius 3 is 2.65 bits per heavy atom. The molecule has 20 heavy (non-hydrogen) atoms. The molecule has 108 valence electrons. The molecule has 0 aliphatic carbocycles. The molecule has 2 aromatic rings. The van der Waals surface area contributed by atoms with Gasteiger partial charge in [0.05, 0.1) is 23.5 Å². The number of imidazole rings is 1. The number of rotatable bonds is 5. The van der Waals surface area contributed by atoms with Gasteiger partial charge in [-0.05, 0) is 32.0 Å². The van der Waals surface area contributed by atoms with Gasteiger partial charge < -0.3 is 9.88 Å². The van der Waals surface area contributed by atoms with Crippen molar-refractivity contribution in [2.45, 2.75) is 31.3 Å². The van der Waals surface area contributed by atoms with E-state index in [1.807, 2.05) is 6.07 Å². The maximum atomic E-state index is 11.7. The van der Waals surface area contributed by atoms with Crippen LogP contribution in [-0.4, -0.2) is 30.7 Å². The van der Waals surface area contributed by atoms with E-state index < -0.39 is 9.84 Å². The fraction of sp³-hybridized carbons (Fsp3) is 0.357. The molecule has 0 aliphatic heterocycles. The fourth-order valence-electron chi connectivity index (χ4n) is 2.02. The van der Waals surface area contributed by atoms with Gasteiger partial charge in [-0.2, -0.15) is 0 Å². The quantitative estimate of drug-likeness (QED) is 0.918. The standard InChI is InChI=1S/C14H19N3O2S/c1-11(2)17(9-12-8-15-10-16-12)13-5-4-6-14(7-13)20(3,18)19/h4-8,10-11H,9H2,1-3H3,(H,15,16). The normalized spacial score (nSPS) is 11.8. The van der Waals surface area contributed by atoms with Crippen LogP contribution in [0.3, 0.4) is 0 Å². The van der Waals surface area contributed by atoms with E-state index in [2.05, 4.69) is 28.7 Å². The zero-order valence-corrected chi connectivity index (χ0v) is 12.7. The predicted molar refractivity (Wildman–Crippen MR) is 79.5 cm³/mol.